The molecular weight excluding hydrogens is 370 g/mol. The van der Waals surface area contributed by atoms with Crippen LogP contribution < -0.4 is 10.6 Å². The van der Waals surface area contributed by atoms with Gasteiger partial charge in [-0.1, -0.05) is 6.07 Å². The first-order chi connectivity index (χ1) is 13.4. The van der Waals surface area contributed by atoms with Gasteiger partial charge in [0, 0.05) is 19.3 Å². The maximum Gasteiger partial charge on any atom is 0.412 e. The second-order valence-corrected chi connectivity index (χ2v) is 8.76. The van der Waals surface area contributed by atoms with Gasteiger partial charge in [-0.3, -0.25) is 14.9 Å². The van der Waals surface area contributed by atoms with Crippen molar-refractivity contribution in [3.8, 4) is 0 Å². The van der Waals surface area contributed by atoms with Crippen LogP contribution in [0.1, 0.15) is 52.9 Å². The molecule has 1 aromatic heterocycles. The molecule has 0 aromatic carbocycles. The van der Waals surface area contributed by atoms with Gasteiger partial charge >= 0.3 is 6.09 Å². The summed E-state index contributed by atoms with van der Waals surface area (Å²) in [5.74, 6) is 0.634. The molecule has 1 fully saturated rings. The third-order valence-corrected chi connectivity index (χ3v) is 4.60. The summed E-state index contributed by atoms with van der Waals surface area (Å²) in [5.41, 5.74) is 0.577. The number of amides is 1. The van der Waals surface area contributed by atoms with E-state index in [1.165, 1.54) is 0 Å². The number of nitrogens with one attached hydrogen (secondary N) is 2. The minimum absolute atomic E-state index is 0.151. The summed E-state index contributed by atoms with van der Waals surface area (Å²) in [6.45, 7) is 14.3. The molecule has 2 rings (SSSR count). The zero-order valence-electron chi connectivity index (χ0n) is 18.9. The molecule has 1 aliphatic heterocycles. The molecule has 0 bridgehead atoms. The predicted octanol–water partition coefficient (Wildman–Crippen LogP) is 2.82. The Balaban J connectivity index is 2.02. The monoisotopic (exact) mass is 405 g/mol. The van der Waals surface area contributed by atoms with Gasteiger partial charge < -0.3 is 20.1 Å². The van der Waals surface area contributed by atoms with Crippen LogP contribution in [0.2, 0.25) is 0 Å². The first-order valence-corrected chi connectivity index (χ1v) is 10.00. The Morgan fingerprint density at radius 2 is 2.03 bits per heavy atom. The minimum Gasteiger partial charge on any atom is -0.444 e. The van der Waals surface area contributed by atoms with Crippen LogP contribution in [0.15, 0.2) is 23.2 Å². The van der Waals surface area contributed by atoms with Crippen molar-refractivity contribution in [1.82, 2.24) is 20.5 Å². The summed E-state index contributed by atoms with van der Waals surface area (Å²) < 4.78 is 11.6. The number of hydrogen-bond acceptors (Lipinski definition) is 5. The van der Waals surface area contributed by atoms with E-state index in [-0.39, 0.29) is 18.2 Å². The lowest BCUT2D eigenvalue weighted by Crippen LogP contribution is -2.54. The molecule has 1 aliphatic rings. The van der Waals surface area contributed by atoms with E-state index in [9.17, 15) is 4.79 Å². The Labute approximate surface area is 174 Å². The number of carbonyl (C=O) groups is 1. The number of aryl methyl sites for hydroxylation is 1. The van der Waals surface area contributed by atoms with Gasteiger partial charge in [-0.05, 0) is 60.6 Å². The summed E-state index contributed by atoms with van der Waals surface area (Å²) in [7, 11) is 1.71. The molecule has 2 atom stereocenters. The van der Waals surface area contributed by atoms with Gasteiger partial charge in [-0.2, -0.15) is 0 Å². The third kappa shape index (κ3) is 6.32. The number of pyridine rings is 1. The number of aromatic nitrogens is 1. The van der Waals surface area contributed by atoms with Crippen LogP contribution in [0.4, 0.5) is 4.79 Å². The van der Waals surface area contributed by atoms with Gasteiger partial charge in [-0.25, -0.2) is 4.79 Å². The van der Waals surface area contributed by atoms with Crippen molar-refractivity contribution in [3.05, 3.63) is 29.6 Å². The van der Waals surface area contributed by atoms with Crippen LogP contribution in [0.3, 0.4) is 0 Å². The van der Waals surface area contributed by atoms with E-state index in [4.69, 9.17) is 9.47 Å². The number of rotatable bonds is 4. The zero-order valence-corrected chi connectivity index (χ0v) is 18.9. The summed E-state index contributed by atoms with van der Waals surface area (Å²) in [6, 6.07) is 5.71. The van der Waals surface area contributed by atoms with Gasteiger partial charge in [0.05, 0.1) is 24.4 Å². The van der Waals surface area contributed by atoms with E-state index >= 15 is 0 Å². The molecule has 8 nitrogen and oxygen atoms in total. The molecule has 2 N–H and O–H groups in total. The smallest absolute Gasteiger partial charge is 0.412 e. The molecule has 0 spiro atoms. The van der Waals surface area contributed by atoms with Gasteiger partial charge in [0.15, 0.2) is 5.96 Å². The van der Waals surface area contributed by atoms with Crippen LogP contribution in [-0.4, -0.2) is 59.0 Å². The van der Waals surface area contributed by atoms with Crippen molar-refractivity contribution in [2.45, 2.75) is 78.5 Å². The summed E-state index contributed by atoms with van der Waals surface area (Å²) in [4.78, 5) is 23.3. The van der Waals surface area contributed by atoms with Gasteiger partial charge in [0.2, 0.25) is 0 Å². The molecule has 29 heavy (non-hydrogen) atoms. The van der Waals surface area contributed by atoms with Crippen molar-refractivity contribution in [1.29, 1.82) is 0 Å². The normalized spacial score (nSPS) is 21.8. The van der Waals surface area contributed by atoms with Gasteiger partial charge in [-0.15, -0.1) is 0 Å². The lowest BCUT2D eigenvalue weighted by Gasteiger charge is -2.35. The molecule has 8 heteroatoms. The second kappa shape index (κ2) is 8.98. The minimum atomic E-state index is -0.753. The summed E-state index contributed by atoms with van der Waals surface area (Å²) >= 11 is 0. The van der Waals surface area contributed by atoms with Gasteiger partial charge in [0.25, 0.3) is 0 Å². The molecule has 1 amide bonds. The fourth-order valence-corrected chi connectivity index (χ4v) is 3.42. The first kappa shape index (κ1) is 22.9. The quantitative estimate of drug-likeness (QED) is 0.592. The van der Waals surface area contributed by atoms with Crippen molar-refractivity contribution in [3.63, 3.8) is 0 Å². The zero-order chi connectivity index (χ0) is 21.8. The van der Waals surface area contributed by atoms with E-state index in [1.54, 1.807) is 11.9 Å². The lowest BCUT2D eigenvalue weighted by molar-refractivity contribution is -0.0755. The molecule has 2 unspecified atom stereocenters. The fraction of sp³-hybridized carbons (Fsp3) is 0.667. The van der Waals surface area contributed by atoms with Crippen LogP contribution in [0, 0.1) is 6.92 Å². The SMILES string of the molecule is CN=C(NCc1cccc(C)n1)NCC1C(C)OC(C)(C)N1C(=O)OC(C)(C)C. The van der Waals surface area contributed by atoms with Crippen LogP contribution in [0.5, 0.6) is 0 Å². The van der Waals surface area contributed by atoms with E-state index in [0.29, 0.717) is 19.0 Å². The molecule has 1 saturated heterocycles. The van der Waals surface area contributed by atoms with E-state index in [0.717, 1.165) is 11.4 Å². The first-order valence-electron chi connectivity index (χ1n) is 10.00. The maximum atomic E-state index is 12.8. The molecule has 2 heterocycles. The molecular formula is C21H35N5O3. The number of ether oxygens (including phenoxy) is 2. The van der Waals surface area contributed by atoms with E-state index in [2.05, 4.69) is 20.6 Å². The van der Waals surface area contributed by atoms with E-state index < -0.39 is 11.3 Å². The van der Waals surface area contributed by atoms with Gasteiger partial charge in [0.1, 0.15) is 11.3 Å². The topological polar surface area (TPSA) is 88.1 Å². The molecule has 0 aliphatic carbocycles. The average Bonchev–Trinajstić information content (AvgIpc) is 2.81. The van der Waals surface area contributed by atoms with Crippen molar-refractivity contribution in [2.24, 2.45) is 4.99 Å². The number of carbonyl (C=O) groups excluding carboxylic acids is 1. The fourth-order valence-electron chi connectivity index (χ4n) is 3.42. The summed E-state index contributed by atoms with van der Waals surface area (Å²) in [6.07, 6.45) is -0.535. The van der Waals surface area contributed by atoms with Crippen LogP contribution in [-0.2, 0) is 16.0 Å². The maximum absolute atomic E-state index is 12.8. The highest BCUT2D eigenvalue weighted by Crippen LogP contribution is 2.33. The van der Waals surface area contributed by atoms with Crippen molar-refractivity contribution >= 4 is 12.1 Å². The second-order valence-electron chi connectivity index (χ2n) is 8.76. The number of nitrogens with zero attached hydrogens (tertiary/aromatic N) is 3. The Hall–Kier alpha value is -2.35. The molecule has 1 aromatic rings. The Morgan fingerprint density at radius 1 is 1.34 bits per heavy atom. The Kier molecular flexibility index (Phi) is 7.11. The number of guanidine groups is 1. The number of aliphatic imine (C=N–C) groups is 1. The highest BCUT2D eigenvalue weighted by Gasteiger charge is 2.49. The van der Waals surface area contributed by atoms with Crippen LogP contribution in [0.25, 0.3) is 0 Å². The highest BCUT2D eigenvalue weighted by atomic mass is 16.6. The molecule has 0 saturated carbocycles. The highest BCUT2D eigenvalue weighted by molar-refractivity contribution is 5.79. The predicted molar refractivity (Wildman–Crippen MR) is 114 cm³/mol. The largest absolute Gasteiger partial charge is 0.444 e. The van der Waals surface area contributed by atoms with Crippen molar-refractivity contribution < 1.29 is 14.3 Å². The van der Waals surface area contributed by atoms with Crippen molar-refractivity contribution in [2.75, 3.05) is 13.6 Å². The third-order valence-electron chi connectivity index (χ3n) is 4.60. The van der Waals surface area contributed by atoms with Crippen LogP contribution >= 0.6 is 0 Å². The van der Waals surface area contributed by atoms with E-state index in [1.807, 2.05) is 66.7 Å². The lowest BCUT2D eigenvalue weighted by atomic mass is 10.1. The number of hydrogen-bond donors (Lipinski definition) is 2. The Morgan fingerprint density at radius 3 is 2.62 bits per heavy atom. The summed E-state index contributed by atoms with van der Waals surface area (Å²) in [5, 5.41) is 6.55. The average molecular weight is 406 g/mol. The standard InChI is InChI=1S/C21H35N5O3/c1-14-10-9-11-16(25-14)12-23-18(22-8)24-13-17-15(2)28-21(6,7)26(17)19(27)29-20(3,4)5/h9-11,15,17H,12-13H2,1-8H3,(H2,22,23,24). The Bertz CT molecular complexity index is 742. The molecule has 162 valence electrons. The molecule has 0 radical (unpaired) electrons.